The first-order valence-corrected chi connectivity index (χ1v) is 2.10. The van der Waals surface area contributed by atoms with Crippen molar-refractivity contribution in [3.63, 3.8) is 0 Å². The van der Waals surface area contributed by atoms with Crippen molar-refractivity contribution < 1.29 is 31.9 Å². The molecule has 0 aromatic heterocycles. The van der Waals surface area contributed by atoms with Gasteiger partial charge in [-0.25, -0.2) is 0 Å². The maximum atomic E-state index is 7.00. The Morgan fingerprint density at radius 2 is 1.12 bits per heavy atom. The number of rotatable bonds is 0. The van der Waals surface area contributed by atoms with Crippen LogP contribution < -0.4 is 0 Å². The Labute approximate surface area is 66.8 Å². The summed E-state index contributed by atoms with van der Waals surface area (Å²) in [6.45, 7) is 5.50. The van der Waals surface area contributed by atoms with Crippen LogP contribution in [0.4, 0.5) is 0 Å². The molecule has 2 N–H and O–H groups in total. The third-order valence-corrected chi connectivity index (χ3v) is 0. The molecule has 3 heteroatoms. The molecule has 0 unspecified atom stereocenters. The van der Waals surface area contributed by atoms with Crippen LogP contribution in [0.5, 0.6) is 0 Å². The minimum absolute atomic E-state index is 0. The van der Waals surface area contributed by atoms with Gasteiger partial charge in [0, 0.05) is 35.9 Å². The van der Waals surface area contributed by atoms with E-state index in [2.05, 4.69) is 6.92 Å². The predicted octanol–water partition coefficient (Wildman–Crippen LogP) is 0.445. The smallest absolute Gasteiger partial charge is 0.0319 e. The second-order valence-electron chi connectivity index (χ2n) is 0.500. The molecule has 0 heterocycles. The van der Waals surface area contributed by atoms with Gasteiger partial charge in [-0.15, -0.1) is 0 Å². The number of aliphatic hydroxyl groups is 2. The van der Waals surface area contributed by atoms with E-state index >= 15 is 0 Å². The molecule has 0 atom stereocenters. The third-order valence-electron chi connectivity index (χ3n) is 0. The van der Waals surface area contributed by atoms with Crippen LogP contribution in [0.2, 0.25) is 0 Å². The molecule has 0 aliphatic carbocycles. The van der Waals surface area contributed by atoms with Gasteiger partial charge in [0.15, 0.2) is 0 Å². The Morgan fingerprint density at radius 3 is 1.12 bits per heavy atom. The van der Waals surface area contributed by atoms with Gasteiger partial charge in [0.2, 0.25) is 0 Å². The van der Waals surface area contributed by atoms with E-state index in [0.29, 0.717) is 0 Å². The van der Waals surface area contributed by atoms with Crippen LogP contribution in [0, 0.1) is 6.92 Å². The van der Waals surface area contributed by atoms with Crippen molar-refractivity contribution in [2.24, 2.45) is 0 Å². The van der Waals surface area contributed by atoms with Gasteiger partial charge in [-0.05, 0) is 0 Å². The Hall–Kier alpha value is 0.634. The molecule has 0 rings (SSSR count). The summed E-state index contributed by atoms with van der Waals surface area (Å²) in [6.07, 6.45) is 1.00. The molecule has 0 spiro atoms. The van der Waals surface area contributed by atoms with Crippen LogP contribution in [0.3, 0.4) is 0 Å². The average Bonchev–Trinajstić information content (AvgIpc) is 1.78. The van der Waals surface area contributed by atoms with Gasteiger partial charge in [-0.1, -0.05) is 6.92 Å². The SMILES string of the molecule is CO.CO.[CH2-]CC.[Ti]. The van der Waals surface area contributed by atoms with Crippen molar-refractivity contribution in [2.75, 3.05) is 14.2 Å². The van der Waals surface area contributed by atoms with E-state index in [-0.39, 0.29) is 21.7 Å². The first-order chi connectivity index (χ1) is 3.41. The minimum Gasteiger partial charge on any atom is -0.400 e. The molecular formula is C5H15O2Ti-. The quantitative estimate of drug-likeness (QED) is 0.393. The van der Waals surface area contributed by atoms with Crippen molar-refractivity contribution >= 4 is 0 Å². The van der Waals surface area contributed by atoms with E-state index in [1.807, 2.05) is 6.92 Å². The second kappa shape index (κ2) is 126. The van der Waals surface area contributed by atoms with E-state index < -0.39 is 0 Å². The van der Waals surface area contributed by atoms with Crippen molar-refractivity contribution in [3.8, 4) is 0 Å². The summed E-state index contributed by atoms with van der Waals surface area (Å²) >= 11 is 0. The largest absolute Gasteiger partial charge is 0.400 e. The Balaban J connectivity index is -0.0000000147. The number of aliphatic hydroxyl groups excluding tert-OH is 2. The third kappa shape index (κ3) is 523. The van der Waals surface area contributed by atoms with Crippen LogP contribution >= 0.6 is 0 Å². The normalized spacial score (nSPS) is 3.75. The molecule has 2 nitrogen and oxygen atoms in total. The maximum Gasteiger partial charge on any atom is 0.0319 e. The van der Waals surface area contributed by atoms with Crippen molar-refractivity contribution in [3.05, 3.63) is 6.92 Å². The summed E-state index contributed by atoms with van der Waals surface area (Å²) in [4.78, 5) is 0. The van der Waals surface area contributed by atoms with Crippen LogP contribution in [0.15, 0.2) is 0 Å². The molecule has 0 saturated heterocycles. The van der Waals surface area contributed by atoms with Crippen molar-refractivity contribution in [1.29, 1.82) is 0 Å². The molecule has 0 aromatic rings. The van der Waals surface area contributed by atoms with Crippen molar-refractivity contribution in [2.45, 2.75) is 13.3 Å². The molecule has 0 bridgehead atoms. The van der Waals surface area contributed by atoms with E-state index in [4.69, 9.17) is 10.2 Å². The average molecular weight is 155 g/mol. The molecule has 0 aliphatic rings. The molecular weight excluding hydrogens is 140 g/mol. The van der Waals surface area contributed by atoms with E-state index in [1.54, 1.807) is 0 Å². The minimum atomic E-state index is 0. The molecule has 0 amide bonds. The van der Waals surface area contributed by atoms with Crippen LogP contribution in [0.25, 0.3) is 0 Å². The molecule has 52 valence electrons. The molecule has 8 heavy (non-hydrogen) atoms. The first-order valence-electron chi connectivity index (χ1n) is 2.10. The molecule has 0 radical (unpaired) electrons. The van der Waals surface area contributed by atoms with Crippen LogP contribution in [0.1, 0.15) is 13.3 Å². The zero-order chi connectivity index (χ0) is 6.71. The van der Waals surface area contributed by atoms with Gasteiger partial charge in [0.05, 0.1) is 0 Å². The van der Waals surface area contributed by atoms with E-state index in [0.717, 1.165) is 20.6 Å². The molecule has 0 saturated carbocycles. The fourth-order valence-corrected chi connectivity index (χ4v) is 0. The van der Waals surface area contributed by atoms with Gasteiger partial charge < -0.3 is 17.1 Å². The van der Waals surface area contributed by atoms with Crippen molar-refractivity contribution in [1.82, 2.24) is 0 Å². The summed E-state index contributed by atoms with van der Waals surface area (Å²) in [7, 11) is 2.00. The van der Waals surface area contributed by atoms with Crippen LogP contribution in [-0.4, -0.2) is 24.4 Å². The summed E-state index contributed by atoms with van der Waals surface area (Å²) in [5.41, 5.74) is 0. The molecule has 0 aromatic carbocycles. The van der Waals surface area contributed by atoms with Gasteiger partial charge in [0.25, 0.3) is 0 Å². The maximum absolute atomic E-state index is 7.00. The fraction of sp³-hybridized carbons (Fsp3) is 0.800. The Bertz CT molecular complexity index is 10.4. The fourth-order valence-electron chi connectivity index (χ4n) is 0. The zero-order valence-corrected chi connectivity index (χ0v) is 7.37. The molecule has 0 fully saturated rings. The standard InChI is InChI=1S/C3H7.2CH4O.Ti/c1-3-2;2*1-2;/h1,3H2,2H3;2*2H,1H3;/q-1;;;. The van der Waals surface area contributed by atoms with E-state index in [1.165, 1.54) is 0 Å². The Morgan fingerprint density at radius 1 is 1.12 bits per heavy atom. The van der Waals surface area contributed by atoms with Gasteiger partial charge in [-0.3, -0.25) is 0 Å². The monoisotopic (exact) mass is 155 g/mol. The van der Waals surface area contributed by atoms with Gasteiger partial charge in [-0.2, -0.15) is 6.42 Å². The summed E-state index contributed by atoms with van der Waals surface area (Å²) in [5.74, 6) is 0. The summed E-state index contributed by atoms with van der Waals surface area (Å²) < 4.78 is 0. The van der Waals surface area contributed by atoms with Gasteiger partial charge >= 0.3 is 0 Å². The number of hydrogen-bond donors (Lipinski definition) is 2. The summed E-state index contributed by atoms with van der Waals surface area (Å²) in [6, 6.07) is 0. The van der Waals surface area contributed by atoms with Gasteiger partial charge in [0.1, 0.15) is 0 Å². The van der Waals surface area contributed by atoms with Crippen LogP contribution in [-0.2, 0) is 21.7 Å². The molecule has 0 aliphatic heterocycles. The number of hydrogen-bond acceptors (Lipinski definition) is 2. The van der Waals surface area contributed by atoms with E-state index in [9.17, 15) is 0 Å². The zero-order valence-electron chi connectivity index (χ0n) is 5.81. The summed E-state index contributed by atoms with van der Waals surface area (Å²) in [5, 5.41) is 14.0. The Kier molecular flexibility index (Phi) is 368. The second-order valence-corrected chi connectivity index (χ2v) is 0.500. The topological polar surface area (TPSA) is 40.5 Å². The predicted molar refractivity (Wildman–Crippen MR) is 31.9 cm³/mol. The first kappa shape index (κ1) is 23.4.